The monoisotopic (exact) mass is 445 g/mol. The summed E-state index contributed by atoms with van der Waals surface area (Å²) in [7, 11) is 0. The quantitative estimate of drug-likeness (QED) is 0.286. The summed E-state index contributed by atoms with van der Waals surface area (Å²) in [4.78, 5) is 6.12. The van der Waals surface area contributed by atoms with Crippen LogP contribution in [0.25, 0.3) is 33.3 Å². The zero-order valence-corrected chi connectivity index (χ0v) is 18.4. The third-order valence-corrected chi connectivity index (χ3v) is 6.97. The van der Waals surface area contributed by atoms with Gasteiger partial charge in [0.1, 0.15) is 5.01 Å². The van der Waals surface area contributed by atoms with Crippen molar-refractivity contribution in [2.24, 2.45) is 0 Å². The molecule has 0 spiro atoms. The van der Waals surface area contributed by atoms with Gasteiger partial charge < -0.3 is 0 Å². The van der Waals surface area contributed by atoms with E-state index in [9.17, 15) is 0 Å². The van der Waals surface area contributed by atoms with Gasteiger partial charge in [-0.15, -0.1) is 10.2 Å². The van der Waals surface area contributed by atoms with Crippen molar-refractivity contribution in [3.05, 3.63) is 88.9 Å². The number of benzene rings is 3. The summed E-state index contributed by atoms with van der Waals surface area (Å²) in [5, 5.41) is 11.3. The number of fused-ring (bicyclic) bond motifs is 1. The molecule has 30 heavy (non-hydrogen) atoms. The Kier molecular flexibility index (Phi) is 5.25. The Labute approximate surface area is 187 Å². The Bertz CT molecular complexity index is 1330. The summed E-state index contributed by atoms with van der Waals surface area (Å²) >= 11 is 9.36. The molecule has 5 aromatic rings. The van der Waals surface area contributed by atoms with E-state index < -0.39 is 0 Å². The third-order valence-electron chi connectivity index (χ3n) is 4.72. The van der Waals surface area contributed by atoms with Gasteiger partial charge >= 0.3 is 0 Å². The first kappa shape index (κ1) is 19.2. The second-order valence-electron chi connectivity index (χ2n) is 6.74. The molecule has 0 amide bonds. The predicted octanol–water partition coefficient (Wildman–Crippen LogP) is 7.53. The molecule has 0 saturated carbocycles. The van der Waals surface area contributed by atoms with E-state index in [1.165, 1.54) is 0 Å². The Hall–Kier alpha value is -2.73. The van der Waals surface area contributed by atoms with Crippen LogP contribution in [0.15, 0.2) is 88.1 Å². The molecule has 3 nitrogen and oxygen atoms in total. The van der Waals surface area contributed by atoms with E-state index in [4.69, 9.17) is 16.6 Å². The summed E-state index contributed by atoms with van der Waals surface area (Å²) in [6.45, 7) is 1.97. The van der Waals surface area contributed by atoms with Crippen LogP contribution in [0.2, 0.25) is 5.02 Å². The number of aryl methyl sites for hydroxylation is 1. The van der Waals surface area contributed by atoms with Gasteiger partial charge in [0, 0.05) is 26.4 Å². The molecule has 0 N–H and O–H groups in total. The summed E-state index contributed by atoms with van der Waals surface area (Å²) in [5.74, 6) is 0. The highest BCUT2D eigenvalue weighted by atomic mass is 35.5. The molecule has 0 aliphatic heterocycles. The second kappa shape index (κ2) is 8.19. The lowest BCUT2D eigenvalue weighted by atomic mass is 9.98. The minimum absolute atomic E-state index is 0.705. The molecule has 2 heterocycles. The molecule has 0 fully saturated rings. The van der Waals surface area contributed by atoms with Crippen molar-refractivity contribution in [2.45, 2.75) is 16.2 Å². The maximum Gasteiger partial charge on any atom is 0.179 e. The van der Waals surface area contributed by atoms with Gasteiger partial charge in [-0.25, -0.2) is 4.98 Å². The molecule has 146 valence electrons. The van der Waals surface area contributed by atoms with Crippen molar-refractivity contribution in [1.29, 1.82) is 0 Å². The number of hydrogen-bond donors (Lipinski definition) is 0. The smallest absolute Gasteiger partial charge is 0.179 e. The van der Waals surface area contributed by atoms with E-state index in [2.05, 4.69) is 52.7 Å². The van der Waals surface area contributed by atoms with Crippen molar-refractivity contribution >= 4 is 45.6 Å². The summed E-state index contributed by atoms with van der Waals surface area (Å²) < 4.78 is 0.900. The van der Waals surface area contributed by atoms with Crippen molar-refractivity contribution in [3.8, 4) is 22.4 Å². The lowest BCUT2D eigenvalue weighted by Gasteiger charge is -2.16. The molecule has 2 aromatic heterocycles. The lowest BCUT2D eigenvalue weighted by molar-refractivity contribution is 0.984. The summed E-state index contributed by atoms with van der Waals surface area (Å²) in [5.41, 5.74) is 5.20. The molecule has 0 radical (unpaired) electrons. The largest absolute Gasteiger partial charge is 0.247 e. The van der Waals surface area contributed by atoms with Gasteiger partial charge in [-0.2, -0.15) is 0 Å². The molecule has 0 bridgehead atoms. The Morgan fingerprint density at radius 1 is 0.800 bits per heavy atom. The van der Waals surface area contributed by atoms with Crippen LogP contribution >= 0.6 is 34.7 Å². The zero-order chi connectivity index (χ0) is 20.5. The molecule has 6 heteroatoms. The first-order chi connectivity index (χ1) is 14.7. The van der Waals surface area contributed by atoms with Crippen molar-refractivity contribution in [3.63, 3.8) is 0 Å². The fourth-order valence-corrected chi connectivity index (χ4v) is 5.56. The number of para-hydroxylation sites is 1. The van der Waals surface area contributed by atoms with Crippen LogP contribution in [0.1, 0.15) is 5.01 Å². The van der Waals surface area contributed by atoms with Crippen LogP contribution in [0.4, 0.5) is 0 Å². The predicted molar refractivity (Wildman–Crippen MR) is 126 cm³/mol. The van der Waals surface area contributed by atoms with Gasteiger partial charge in [-0.1, -0.05) is 95.4 Å². The topological polar surface area (TPSA) is 38.7 Å². The first-order valence-electron chi connectivity index (χ1n) is 9.41. The lowest BCUT2D eigenvalue weighted by Crippen LogP contribution is -1.95. The molecule has 5 rings (SSSR count). The summed E-state index contributed by atoms with van der Waals surface area (Å²) in [6.07, 6.45) is 0. The van der Waals surface area contributed by atoms with E-state index in [1.807, 2.05) is 43.3 Å². The third kappa shape index (κ3) is 3.72. The highest BCUT2D eigenvalue weighted by Gasteiger charge is 2.20. The Morgan fingerprint density at radius 3 is 2.27 bits per heavy atom. The Morgan fingerprint density at radius 2 is 1.53 bits per heavy atom. The van der Waals surface area contributed by atoms with Crippen LogP contribution < -0.4 is 0 Å². The standard InChI is InChI=1S/C24H16ClN3S2/c1-15-27-28-24(29-15)30-23-21(16-7-3-2-4-8-16)19-9-5-6-10-20(19)26-22(23)17-11-13-18(25)14-12-17/h2-14H,1H3. The van der Waals surface area contributed by atoms with Gasteiger partial charge in [0.15, 0.2) is 4.34 Å². The first-order valence-corrected chi connectivity index (χ1v) is 11.4. The zero-order valence-electron chi connectivity index (χ0n) is 16.0. The van der Waals surface area contributed by atoms with Gasteiger partial charge in [-0.05, 0) is 30.7 Å². The molecular weight excluding hydrogens is 430 g/mol. The number of pyridine rings is 1. The van der Waals surface area contributed by atoms with Crippen molar-refractivity contribution in [2.75, 3.05) is 0 Å². The molecule has 0 aliphatic carbocycles. The van der Waals surface area contributed by atoms with E-state index in [1.54, 1.807) is 23.1 Å². The van der Waals surface area contributed by atoms with Crippen molar-refractivity contribution < 1.29 is 0 Å². The number of aromatic nitrogens is 3. The molecular formula is C24H16ClN3S2. The van der Waals surface area contributed by atoms with Crippen molar-refractivity contribution in [1.82, 2.24) is 15.2 Å². The maximum absolute atomic E-state index is 6.15. The number of rotatable bonds is 4. The van der Waals surface area contributed by atoms with Gasteiger partial charge in [0.2, 0.25) is 0 Å². The maximum atomic E-state index is 6.15. The number of halogens is 1. The van der Waals surface area contributed by atoms with Crippen LogP contribution in [0, 0.1) is 6.92 Å². The van der Waals surface area contributed by atoms with E-state index >= 15 is 0 Å². The van der Waals surface area contributed by atoms with E-state index in [-0.39, 0.29) is 0 Å². The highest BCUT2D eigenvalue weighted by molar-refractivity contribution is 8.01. The average molecular weight is 446 g/mol. The van der Waals surface area contributed by atoms with Crippen LogP contribution in [-0.4, -0.2) is 15.2 Å². The highest BCUT2D eigenvalue weighted by Crippen LogP contribution is 2.45. The minimum Gasteiger partial charge on any atom is -0.247 e. The normalized spacial score (nSPS) is 11.1. The summed E-state index contributed by atoms with van der Waals surface area (Å²) in [6, 6.07) is 26.6. The second-order valence-corrected chi connectivity index (χ2v) is 9.62. The number of hydrogen-bond acceptors (Lipinski definition) is 5. The minimum atomic E-state index is 0.705. The average Bonchev–Trinajstić information content (AvgIpc) is 3.19. The molecule has 0 unspecified atom stereocenters. The molecule has 0 atom stereocenters. The fourth-order valence-electron chi connectivity index (χ4n) is 3.40. The van der Waals surface area contributed by atoms with Crippen LogP contribution in [0.5, 0.6) is 0 Å². The van der Waals surface area contributed by atoms with E-state index in [0.717, 1.165) is 47.5 Å². The fraction of sp³-hybridized carbons (Fsp3) is 0.0417. The Balaban J connectivity index is 1.85. The van der Waals surface area contributed by atoms with Crippen LogP contribution in [-0.2, 0) is 0 Å². The molecule has 3 aromatic carbocycles. The number of nitrogens with zero attached hydrogens (tertiary/aromatic N) is 3. The van der Waals surface area contributed by atoms with E-state index in [0.29, 0.717) is 5.02 Å². The molecule has 0 aliphatic rings. The van der Waals surface area contributed by atoms with Gasteiger partial charge in [0.05, 0.1) is 11.2 Å². The SMILES string of the molecule is Cc1nnc(Sc2c(-c3ccc(Cl)cc3)nc3ccccc3c2-c2ccccc2)s1. The van der Waals surface area contributed by atoms with Crippen LogP contribution in [0.3, 0.4) is 0 Å². The van der Waals surface area contributed by atoms with Gasteiger partial charge in [0.25, 0.3) is 0 Å². The van der Waals surface area contributed by atoms with Gasteiger partial charge in [-0.3, -0.25) is 0 Å². The molecule has 0 saturated heterocycles.